The Kier molecular flexibility index (Phi) is 15.9. The summed E-state index contributed by atoms with van der Waals surface area (Å²) in [6.45, 7) is 0. The van der Waals surface area contributed by atoms with Gasteiger partial charge >= 0.3 is 0 Å². The molecule has 24 aromatic rings. The van der Waals surface area contributed by atoms with Crippen LogP contribution in [0.2, 0.25) is 0 Å². The molecule has 0 fully saturated rings. The molecule has 8 heteroatoms. The molecule has 18 aromatic carbocycles. The van der Waals surface area contributed by atoms with Crippen LogP contribution in [-0.2, 0) is 0 Å². The van der Waals surface area contributed by atoms with Crippen molar-refractivity contribution in [3.8, 4) is 55.9 Å². The fourth-order valence-corrected chi connectivity index (χ4v) is 20.1. The maximum Gasteiger partial charge on any atom is 0.137 e. The molecule has 0 atom stereocenters. The number of anilines is 6. The lowest BCUT2D eigenvalue weighted by Gasteiger charge is -2.27. The molecule has 0 bridgehead atoms. The summed E-state index contributed by atoms with van der Waals surface area (Å²) in [5.74, 6) is 0. The molecule has 6 aromatic heterocycles. The van der Waals surface area contributed by atoms with Gasteiger partial charge in [-0.2, -0.15) is 0 Å². The monoisotopic (exact) mass is 1520 g/mol. The number of rotatable bonds is 12. The van der Waals surface area contributed by atoms with E-state index in [1.807, 2.05) is 34.8 Å². The molecule has 0 amide bonds. The van der Waals surface area contributed by atoms with Crippen molar-refractivity contribution in [3.63, 3.8) is 0 Å². The van der Waals surface area contributed by atoms with Gasteiger partial charge in [0, 0.05) is 96.4 Å². The minimum absolute atomic E-state index is 0.877. The topological polar surface area (TPSA) is 42.6 Å². The van der Waals surface area contributed by atoms with Crippen LogP contribution < -0.4 is 9.80 Å². The molecule has 544 valence electrons. The van der Waals surface area contributed by atoms with Gasteiger partial charge in [0.2, 0.25) is 0 Å². The van der Waals surface area contributed by atoms with Crippen LogP contribution in [-0.4, -0.2) is 9.13 Å². The van der Waals surface area contributed by atoms with E-state index in [1.54, 1.807) is 0 Å². The SMILES string of the molecule is c1ccc(-c2ccc(-n3c4ccccc4c4cc(-c5ccc(N(c6ccc7sc8ccccc8c7c6)c6cccc7oc8ccccc8c67)cc5)ccc43)cc2)cc1.c1ccc(-c2ccc(-n3c4ccccc4c4cc(-c5ccc(N(c6cccc7c6sc6ccccc67)c6cccc7oc8ccccc8c67)cc5)ccc43)cc2)cc1. The lowest BCUT2D eigenvalue weighted by molar-refractivity contribution is 0.668. The van der Waals surface area contributed by atoms with Crippen molar-refractivity contribution in [1.82, 2.24) is 9.13 Å². The van der Waals surface area contributed by atoms with Crippen molar-refractivity contribution in [1.29, 1.82) is 0 Å². The van der Waals surface area contributed by atoms with Gasteiger partial charge in [0.15, 0.2) is 0 Å². The number of furan rings is 2. The zero-order chi connectivity index (χ0) is 76.3. The van der Waals surface area contributed by atoms with E-state index >= 15 is 0 Å². The van der Waals surface area contributed by atoms with Crippen molar-refractivity contribution in [2.24, 2.45) is 0 Å². The van der Waals surface area contributed by atoms with Crippen LogP contribution in [0.5, 0.6) is 0 Å². The summed E-state index contributed by atoms with van der Waals surface area (Å²) in [5, 5.41) is 14.5. The van der Waals surface area contributed by atoms with Gasteiger partial charge in [0.05, 0.1) is 54.6 Å². The Balaban J connectivity index is 0.000000137. The van der Waals surface area contributed by atoms with Crippen LogP contribution in [0.15, 0.2) is 421 Å². The number of nitrogens with zero attached hydrogens (tertiary/aromatic N) is 4. The van der Waals surface area contributed by atoms with Gasteiger partial charge in [-0.25, -0.2) is 0 Å². The van der Waals surface area contributed by atoms with E-state index in [0.717, 1.165) is 89.4 Å². The smallest absolute Gasteiger partial charge is 0.137 e. The maximum atomic E-state index is 6.42. The molecule has 0 spiro atoms. The van der Waals surface area contributed by atoms with Crippen molar-refractivity contribution in [3.05, 3.63) is 413 Å². The van der Waals surface area contributed by atoms with Gasteiger partial charge in [0.25, 0.3) is 0 Å². The Morgan fingerprint density at radius 2 is 0.552 bits per heavy atom. The maximum absolute atomic E-state index is 6.42. The molecule has 0 aliphatic heterocycles. The summed E-state index contributed by atoms with van der Waals surface area (Å²) >= 11 is 3.70. The zero-order valence-corrected chi connectivity index (χ0v) is 64.3. The number of thiophene rings is 2. The summed E-state index contributed by atoms with van der Waals surface area (Å²) in [6.07, 6.45) is 0. The Labute approximate surface area is 675 Å². The van der Waals surface area contributed by atoms with Crippen LogP contribution in [0.25, 0.3) is 184 Å². The van der Waals surface area contributed by atoms with E-state index in [0.29, 0.717) is 0 Å². The molecule has 0 unspecified atom stereocenters. The van der Waals surface area contributed by atoms with Gasteiger partial charge in [-0.1, -0.05) is 255 Å². The molecule has 6 nitrogen and oxygen atoms in total. The largest absolute Gasteiger partial charge is 0.456 e. The van der Waals surface area contributed by atoms with Crippen LogP contribution >= 0.6 is 22.7 Å². The highest BCUT2D eigenvalue weighted by Gasteiger charge is 2.26. The average Bonchev–Trinajstić information content (AvgIpc) is 1.51. The summed E-state index contributed by atoms with van der Waals surface area (Å²) in [7, 11) is 0. The lowest BCUT2D eigenvalue weighted by Crippen LogP contribution is -2.10. The third-order valence-corrected chi connectivity index (χ3v) is 25.6. The molecule has 0 saturated carbocycles. The van der Waals surface area contributed by atoms with Crippen LogP contribution in [0.4, 0.5) is 34.1 Å². The number of benzene rings is 18. The molecule has 0 aliphatic rings. The van der Waals surface area contributed by atoms with Crippen LogP contribution in [0.3, 0.4) is 0 Å². The third-order valence-electron chi connectivity index (χ3n) is 23.2. The number of para-hydroxylation sites is 4. The molecule has 0 N–H and O–H groups in total. The molecule has 24 rings (SSSR count). The van der Waals surface area contributed by atoms with E-state index in [2.05, 4.69) is 419 Å². The highest BCUT2D eigenvalue weighted by Crippen LogP contribution is 2.51. The van der Waals surface area contributed by atoms with E-state index < -0.39 is 0 Å². The molecular formula is C108H68N4O2S2. The first kappa shape index (κ1) is 66.9. The zero-order valence-electron chi connectivity index (χ0n) is 62.7. The van der Waals surface area contributed by atoms with Crippen molar-refractivity contribution in [2.75, 3.05) is 9.80 Å². The van der Waals surface area contributed by atoms with Crippen molar-refractivity contribution >= 4 is 185 Å². The normalized spacial score (nSPS) is 11.8. The van der Waals surface area contributed by atoms with Gasteiger partial charge in [0.1, 0.15) is 22.3 Å². The minimum atomic E-state index is 0.877. The quantitative estimate of drug-likeness (QED) is 0.122. The summed E-state index contributed by atoms with van der Waals surface area (Å²) < 4.78 is 22.7. The molecule has 0 aliphatic carbocycles. The number of hydrogen-bond acceptors (Lipinski definition) is 6. The van der Waals surface area contributed by atoms with E-state index in [-0.39, 0.29) is 0 Å². The van der Waals surface area contributed by atoms with Gasteiger partial charge in [-0.15, -0.1) is 22.7 Å². The third kappa shape index (κ3) is 11.2. The van der Waals surface area contributed by atoms with Crippen molar-refractivity contribution in [2.45, 2.75) is 0 Å². The Bertz CT molecular complexity index is 7930. The summed E-state index contributed by atoms with van der Waals surface area (Å²) in [4.78, 5) is 4.81. The van der Waals surface area contributed by atoms with Gasteiger partial charge < -0.3 is 27.8 Å². The first-order valence-corrected chi connectivity index (χ1v) is 41.0. The average molecular weight is 1520 g/mol. The fraction of sp³-hybridized carbons (Fsp3) is 0. The Morgan fingerprint density at radius 1 is 0.198 bits per heavy atom. The number of fused-ring (bicyclic) bond motifs is 18. The Morgan fingerprint density at radius 3 is 1.09 bits per heavy atom. The predicted molar refractivity (Wildman–Crippen MR) is 493 cm³/mol. The van der Waals surface area contributed by atoms with E-state index in [9.17, 15) is 0 Å². The first-order valence-electron chi connectivity index (χ1n) is 39.3. The molecule has 0 saturated heterocycles. The summed E-state index contributed by atoms with van der Waals surface area (Å²) in [5.41, 5.74) is 26.8. The highest BCUT2D eigenvalue weighted by atomic mass is 32.1. The molecule has 0 radical (unpaired) electrons. The van der Waals surface area contributed by atoms with Gasteiger partial charge in [-0.3, -0.25) is 0 Å². The van der Waals surface area contributed by atoms with Crippen LogP contribution in [0.1, 0.15) is 0 Å². The van der Waals surface area contributed by atoms with E-state index in [4.69, 9.17) is 8.83 Å². The first-order chi connectivity index (χ1) is 57.5. The Hall–Kier alpha value is -14.8. The van der Waals surface area contributed by atoms with Gasteiger partial charge in [-0.05, 0) is 202 Å². The van der Waals surface area contributed by atoms with E-state index in [1.165, 1.54) is 128 Å². The number of hydrogen-bond donors (Lipinski definition) is 0. The fourth-order valence-electron chi connectivity index (χ4n) is 17.8. The predicted octanol–water partition coefficient (Wildman–Crippen LogP) is 31.7. The highest BCUT2D eigenvalue weighted by molar-refractivity contribution is 7.26. The van der Waals surface area contributed by atoms with Crippen molar-refractivity contribution < 1.29 is 8.83 Å². The second kappa shape index (κ2) is 27.5. The summed E-state index contributed by atoms with van der Waals surface area (Å²) in [6, 6.07) is 149. The standard InChI is InChI=1S/2C54H34N2OS/c1-2-12-35(13-3-1)36-24-29-39(30-25-36)55-46-18-7-4-14-41(46)45-34-38(28-33-47(45)55)37-26-31-40(32-27-37)56(48-19-11-22-51-53(48)44-16-5-8-21-50(44)57-51)49-20-10-17-43-42-15-6-9-23-52(42)58-54(43)49;1-2-11-35(12-3-1)36-21-28-40(29-22-36)56-47-16-7-4-13-42(47)45-33-38(25-31-48(45)56)37-23-26-39(27-24-37)55(41-30-32-53-46(34-41)43-14-6-9-20-52(43)58-53)49-17-10-19-51-54(49)44-15-5-8-18-50(44)57-51/h2*1-34H. The minimum Gasteiger partial charge on any atom is -0.456 e. The molecule has 116 heavy (non-hydrogen) atoms. The molecular weight excluding hydrogens is 1450 g/mol. The second-order valence-electron chi connectivity index (χ2n) is 29.8. The number of aromatic nitrogens is 2. The van der Waals surface area contributed by atoms with Crippen LogP contribution in [0, 0.1) is 0 Å². The molecule has 6 heterocycles. The second-order valence-corrected chi connectivity index (χ2v) is 31.9. The lowest BCUT2D eigenvalue weighted by atomic mass is 10.0.